The Labute approximate surface area is 212 Å². The zero-order valence-electron chi connectivity index (χ0n) is 20.9. The summed E-state index contributed by atoms with van der Waals surface area (Å²) in [6.07, 6.45) is 13.6. The topological polar surface area (TPSA) is 31.8 Å². The van der Waals surface area contributed by atoms with Crippen molar-refractivity contribution < 1.29 is 9.13 Å². The second-order valence-corrected chi connectivity index (χ2v) is 9.91. The highest BCUT2D eigenvalue weighted by Crippen LogP contribution is 2.34. The van der Waals surface area contributed by atoms with Gasteiger partial charge in [0.1, 0.15) is 11.6 Å². The maximum absolute atomic E-state index is 14.3. The van der Waals surface area contributed by atoms with E-state index in [1.165, 1.54) is 16.8 Å². The van der Waals surface area contributed by atoms with Crippen LogP contribution in [0.4, 0.5) is 15.8 Å². The van der Waals surface area contributed by atoms with Gasteiger partial charge in [-0.05, 0) is 60.7 Å². The lowest BCUT2D eigenvalue weighted by Crippen LogP contribution is -2.53. The number of hydrogen-bond acceptors (Lipinski definition) is 5. The first kappa shape index (κ1) is 23.0. The molecular formula is C30H33FN4O. The van der Waals surface area contributed by atoms with E-state index in [9.17, 15) is 4.39 Å². The summed E-state index contributed by atoms with van der Waals surface area (Å²) in [4.78, 5) is 12.1. The van der Waals surface area contributed by atoms with Gasteiger partial charge in [0.15, 0.2) is 0 Å². The van der Waals surface area contributed by atoms with Gasteiger partial charge in [0.05, 0.1) is 18.3 Å². The standard InChI is InChI=1S/C30H33FN4O/c1-36-24-20-22-6-3-2-4-7-25(22)29(21-24)35-18-16-33(17-19-35)23-11-14-34(15-12-23)28-10-9-27(31)26-8-5-13-32-30(26)28/h2-6,8-10,13,20-21,23H,7,11-12,14-19H2,1H3. The molecule has 3 heterocycles. The first-order valence-electron chi connectivity index (χ1n) is 13.0. The Bertz CT molecular complexity index is 1300. The van der Waals surface area contributed by atoms with Crippen molar-refractivity contribution in [3.8, 4) is 5.75 Å². The van der Waals surface area contributed by atoms with Crippen LogP contribution in [-0.4, -0.2) is 62.3 Å². The quantitative estimate of drug-likeness (QED) is 0.502. The molecule has 1 aliphatic carbocycles. The van der Waals surface area contributed by atoms with Crippen molar-refractivity contribution in [2.24, 2.45) is 0 Å². The highest BCUT2D eigenvalue weighted by Gasteiger charge is 2.29. The number of piperidine rings is 1. The van der Waals surface area contributed by atoms with E-state index in [4.69, 9.17) is 4.74 Å². The number of fused-ring (bicyclic) bond motifs is 2. The van der Waals surface area contributed by atoms with E-state index in [0.717, 1.165) is 75.5 Å². The number of pyridine rings is 1. The van der Waals surface area contributed by atoms with Gasteiger partial charge in [-0.1, -0.05) is 24.3 Å². The second kappa shape index (κ2) is 9.94. The fraction of sp³-hybridized carbons (Fsp3) is 0.367. The number of methoxy groups -OCH3 is 1. The largest absolute Gasteiger partial charge is 0.497 e. The maximum atomic E-state index is 14.3. The van der Waals surface area contributed by atoms with E-state index in [1.54, 1.807) is 25.4 Å². The maximum Gasteiger partial charge on any atom is 0.132 e. The molecule has 3 aliphatic rings. The molecule has 36 heavy (non-hydrogen) atoms. The van der Waals surface area contributed by atoms with Crippen molar-refractivity contribution in [3.63, 3.8) is 0 Å². The van der Waals surface area contributed by atoms with Crippen LogP contribution in [0.5, 0.6) is 5.75 Å². The van der Waals surface area contributed by atoms with E-state index in [0.29, 0.717) is 11.4 Å². The van der Waals surface area contributed by atoms with E-state index in [2.05, 4.69) is 56.1 Å². The number of hydrogen-bond donors (Lipinski definition) is 0. The molecular weight excluding hydrogens is 451 g/mol. The fourth-order valence-electron chi connectivity index (χ4n) is 6.02. The Hall–Kier alpha value is -3.38. The zero-order valence-corrected chi connectivity index (χ0v) is 20.9. The number of nitrogens with zero attached hydrogens (tertiary/aromatic N) is 4. The fourth-order valence-corrected chi connectivity index (χ4v) is 6.02. The predicted molar refractivity (Wildman–Crippen MR) is 146 cm³/mol. The summed E-state index contributed by atoms with van der Waals surface area (Å²) in [6, 6.07) is 12.0. The number of benzene rings is 2. The predicted octanol–water partition coefficient (Wildman–Crippen LogP) is 5.30. The first-order chi connectivity index (χ1) is 17.7. The molecule has 0 amide bonds. The van der Waals surface area contributed by atoms with Crippen LogP contribution in [0.1, 0.15) is 24.0 Å². The van der Waals surface area contributed by atoms with Gasteiger partial charge in [-0.2, -0.15) is 0 Å². The van der Waals surface area contributed by atoms with Crippen LogP contribution in [0.3, 0.4) is 0 Å². The number of aromatic nitrogens is 1. The first-order valence-corrected chi connectivity index (χ1v) is 13.0. The summed E-state index contributed by atoms with van der Waals surface area (Å²) in [5.74, 6) is 0.725. The summed E-state index contributed by atoms with van der Waals surface area (Å²) in [7, 11) is 1.75. The number of allylic oxidation sites excluding steroid dienone is 3. The molecule has 2 saturated heterocycles. The normalized spacial score (nSPS) is 18.9. The summed E-state index contributed by atoms with van der Waals surface area (Å²) in [5, 5.41) is 0.606. The molecule has 6 heteroatoms. The number of rotatable bonds is 4. The van der Waals surface area contributed by atoms with Crippen LogP contribution >= 0.6 is 0 Å². The minimum atomic E-state index is -0.199. The molecule has 0 radical (unpaired) electrons. The number of piperazine rings is 1. The van der Waals surface area contributed by atoms with Crippen LogP contribution in [0.15, 0.2) is 60.8 Å². The molecule has 2 fully saturated rings. The Kier molecular flexibility index (Phi) is 6.36. The van der Waals surface area contributed by atoms with Crippen LogP contribution in [0, 0.1) is 5.82 Å². The lowest BCUT2D eigenvalue weighted by Gasteiger charge is -2.44. The average molecular weight is 485 g/mol. The van der Waals surface area contributed by atoms with Gasteiger partial charge >= 0.3 is 0 Å². The molecule has 3 aromatic rings. The SMILES string of the molecule is COc1cc2c(c(N3CCN(C4CCN(c5ccc(F)c6cccnc56)CC4)CC3)c1)CC=CC=C2. The highest BCUT2D eigenvalue weighted by atomic mass is 19.1. The van der Waals surface area contributed by atoms with Crippen molar-refractivity contribution >= 4 is 28.4 Å². The minimum absolute atomic E-state index is 0.199. The van der Waals surface area contributed by atoms with Gasteiger partial charge in [-0.3, -0.25) is 9.88 Å². The molecule has 2 aliphatic heterocycles. The van der Waals surface area contributed by atoms with Crippen molar-refractivity contribution in [2.75, 3.05) is 56.2 Å². The molecule has 186 valence electrons. The smallest absolute Gasteiger partial charge is 0.132 e. The highest BCUT2D eigenvalue weighted by molar-refractivity contribution is 5.91. The van der Waals surface area contributed by atoms with Crippen molar-refractivity contribution in [1.29, 1.82) is 0 Å². The number of ether oxygens (including phenoxy) is 1. The molecule has 5 nitrogen and oxygen atoms in total. The van der Waals surface area contributed by atoms with Gasteiger partial charge in [0.25, 0.3) is 0 Å². The van der Waals surface area contributed by atoms with E-state index < -0.39 is 0 Å². The number of anilines is 2. The third kappa shape index (κ3) is 4.35. The van der Waals surface area contributed by atoms with Gasteiger partial charge in [-0.15, -0.1) is 0 Å². The average Bonchev–Trinajstić information content (AvgIpc) is 3.19. The van der Waals surface area contributed by atoms with E-state index >= 15 is 0 Å². The monoisotopic (exact) mass is 484 g/mol. The molecule has 0 bridgehead atoms. The third-order valence-electron chi connectivity index (χ3n) is 7.99. The Morgan fingerprint density at radius 2 is 1.72 bits per heavy atom. The summed E-state index contributed by atoms with van der Waals surface area (Å²) in [6.45, 7) is 6.15. The van der Waals surface area contributed by atoms with Gasteiger partial charge < -0.3 is 14.5 Å². The molecule has 1 aromatic heterocycles. The Morgan fingerprint density at radius 3 is 2.53 bits per heavy atom. The van der Waals surface area contributed by atoms with Crippen LogP contribution in [0.2, 0.25) is 0 Å². The van der Waals surface area contributed by atoms with Crippen LogP contribution in [0.25, 0.3) is 17.0 Å². The van der Waals surface area contributed by atoms with Crippen molar-refractivity contribution in [1.82, 2.24) is 9.88 Å². The molecule has 0 N–H and O–H groups in total. The number of halogens is 1. The lowest BCUT2D eigenvalue weighted by molar-refractivity contribution is 0.160. The third-order valence-corrected chi connectivity index (χ3v) is 7.99. The Morgan fingerprint density at radius 1 is 0.917 bits per heavy atom. The second-order valence-electron chi connectivity index (χ2n) is 9.91. The molecule has 6 rings (SSSR count). The molecule has 0 unspecified atom stereocenters. The van der Waals surface area contributed by atoms with E-state index in [1.807, 2.05) is 12.1 Å². The van der Waals surface area contributed by atoms with Crippen LogP contribution in [-0.2, 0) is 6.42 Å². The van der Waals surface area contributed by atoms with Crippen LogP contribution < -0.4 is 14.5 Å². The van der Waals surface area contributed by atoms with Crippen molar-refractivity contribution in [2.45, 2.75) is 25.3 Å². The molecule has 0 saturated carbocycles. The summed E-state index contributed by atoms with van der Waals surface area (Å²) in [5.41, 5.74) is 5.78. The Balaban J connectivity index is 1.11. The van der Waals surface area contributed by atoms with Crippen molar-refractivity contribution in [3.05, 3.63) is 77.8 Å². The van der Waals surface area contributed by atoms with E-state index in [-0.39, 0.29) is 5.82 Å². The summed E-state index contributed by atoms with van der Waals surface area (Å²) < 4.78 is 19.9. The molecule has 0 spiro atoms. The minimum Gasteiger partial charge on any atom is -0.497 e. The van der Waals surface area contributed by atoms with Gasteiger partial charge in [0, 0.05) is 68.6 Å². The zero-order chi connectivity index (χ0) is 24.5. The molecule has 2 aromatic carbocycles. The lowest BCUT2D eigenvalue weighted by atomic mass is 9.99. The van der Waals surface area contributed by atoms with Gasteiger partial charge in [0.2, 0.25) is 0 Å². The summed E-state index contributed by atoms with van der Waals surface area (Å²) >= 11 is 0. The molecule has 0 atom stereocenters. The van der Waals surface area contributed by atoms with Gasteiger partial charge in [-0.25, -0.2) is 4.39 Å².